The summed E-state index contributed by atoms with van der Waals surface area (Å²) in [6.07, 6.45) is 2.39. The number of hydrogen-bond acceptors (Lipinski definition) is 3. The van der Waals surface area contributed by atoms with Gasteiger partial charge in [0.05, 0.1) is 0 Å². The summed E-state index contributed by atoms with van der Waals surface area (Å²) in [6, 6.07) is 13.1. The van der Waals surface area contributed by atoms with Crippen molar-refractivity contribution >= 4 is 35.2 Å². The van der Waals surface area contributed by atoms with Crippen LogP contribution in [0.2, 0.25) is 5.02 Å². The number of hydrogen-bond donors (Lipinski definition) is 1. The molecule has 1 unspecified atom stereocenters. The molecule has 0 aromatic heterocycles. The molecule has 0 aliphatic carbocycles. The minimum Gasteiger partial charge on any atom is -0.354 e. The van der Waals surface area contributed by atoms with Gasteiger partial charge in [0.1, 0.15) is 11.9 Å². The Labute approximate surface area is 193 Å². The van der Waals surface area contributed by atoms with Gasteiger partial charge < -0.3 is 10.2 Å². The summed E-state index contributed by atoms with van der Waals surface area (Å²) >= 11 is 7.58. The van der Waals surface area contributed by atoms with Crippen LogP contribution in [0.5, 0.6) is 0 Å². The minimum absolute atomic E-state index is 0.0699. The zero-order chi connectivity index (χ0) is 22.6. The molecule has 0 saturated carbocycles. The van der Waals surface area contributed by atoms with Gasteiger partial charge in [-0.25, -0.2) is 4.39 Å². The summed E-state index contributed by atoms with van der Waals surface area (Å²) in [5, 5.41) is 3.60. The molecule has 0 spiro atoms. The molecule has 1 atom stereocenters. The van der Waals surface area contributed by atoms with E-state index in [0.717, 1.165) is 22.6 Å². The molecule has 0 saturated heterocycles. The Balaban J connectivity index is 2.02. The van der Waals surface area contributed by atoms with Crippen molar-refractivity contribution in [2.24, 2.45) is 0 Å². The lowest BCUT2D eigenvalue weighted by molar-refractivity contribution is -0.141. The first-order chi connectivity index (χ1) is 14.9. The fraction of sp³-hybridized carbons (Fsp3) is 0.417. The average Bonchev–Trinajstić information content (AvgIpc) is 2.77. The predicted octanol–water partition coefficient (Wildman–Crippen LogP) is 5.69. The van der Waals surface area contributed by atoms with Crippen LogP contribution in [0.3, 0.4) is 0 Å². The SMILES string of the molecule is CCCNC(=O)C(CC)N(Cc1ccc(F)cc1)C(=O)CCCSc1ccc(Cl)cc1. The number of rotatable bonds is 12. The first-order valence-corrected chi connectivity index (χ1v) is 12.0. The van der Waals surface area contributed by atoms with Crippen LogP contribution >= 0.6 is 23.4 Å². The number of nitrogens with one attached hydrogen (secondary N) is 1. The van der Waals surface area contributed by atoms with E-state index in [9.17, 15) is 14.0 Å². The van der Waals surface area contributed by atoms with Gasteiger partial charge in [0.25, 0.3) is 0 Å². The van der Waals surface area contributed by atoms with Crippen LogP contribution in [0.15, 0.2) is 53.4 Å². The molecule has 2 amide bonds. The lowest BCUT2D eigenvalue weighted by Gasteiger charge is -2.30. The zero-order valence-corrected chi connectivity index (χ0v) is 19.6. The van der Waals surface area contributed by atoms with E-state index in [0.29, 0.717) is 30.8 Å². The average molecular weight is 465 g/mol. The quantitative estimate of drug-likeness (QED) is 0.324. The van der Waals surface area contributed by atoms with E-state index in [1.807, 2.05) is 38.1 Å². The van der Waals surface area contributed by atoms with Crippen molar-refractivity contribution in [3.05, 3.63) is 64.9 Å². The van der Waals surface area contributed by atoms with E-state index in [2.05, 4.69) is 5.32 Å². The molecule has 31 heavy (non-hydrogen) atoms. The Hall–Kier alpha value is -2.05. The number of nitrogens with zero attached hydrogens (tertiary/aromatic N) is 1. The molecule has 7 heteroatoms. The van der Waals surface area contributed by atoms with Gasteiger partial charge in [0, 0.05) is 29.4 Å². The molecule has 0 radical (unpaired) electrons. The largest absolute Gasteiger partial charge is 0.354 e. The molecule has 4 nitrogen and oxygen atoms in total. The molecule has 0 aliphatic heterocycles. The van der Waals surface area contributed by atoms with Crippen LogP contribution < -0.4 is 5.32 Å². The molecule has 1 N–H and O–H groups in total. The molecule has 2 rings (SSSR count). The molecule has 0 bridgehead atoms. The van der Waals surface area contributed by atoms with Crippen LogP contribution in [0.1, 0.15) is 45.1 Å². The van der Waals surface area contributed by atoms with Gasteiger partial charge in [-0.15, -0.1) is 11.8 Å². The van der Waals surface area contributed by atoms with Gasteiger partial charge in [-0.05, 0) is 67.0 Å². The number of thioether (sulfide) groups is 1. The van der Waals surface area contributed by atoms with E-state index < -0.39 is 6.04 Å². The second-order valence-electron chi connectivity index (χ2n) is 7.27. The fourth-order valence-corrected chi connectivity index (χ4v) is 4.14. The molecule has 0 fully saturated rings. The summed E-state index contributed by atoms with van der Waals surface area (Å²) < 4.78 is 13.3. The van der Waals surface area contributed by atoms with Crippen LogP contribution in [-0.2, 0) is 16.1 Å². The summed E-state index contributed by atoms with van der Waals surface area (Å²) in [7, 11) is 0. The Morgan fingerprint density at radius 3 is 2.39 bits per heavy atom. The lowest BCUT2D eigenvalue weighted by atomic mass is 10.1. The van der Waals surface area contributed by atoms with Crippen molar-refractivity contribution in [2.75, 3.05) is 12.3 Å². The predicted molar refractivity (Wildman–Crippen MR) is 126 cm³/mol. The summed E-state index contributed by atoms with van der Waals surface area (Å²) in [5.74, 6) is 0.250. The number of carbonyl (C=O) groups is 2. The van der Waals surface area contributed by atoms with Crippen molar-refractivity contribution in [3.8, 4) is 0 Å². The molecule has 0 heterocycles. The van der Waals surface area contributed by atoms with Crippen LogP contribution in [0, 0.1) is 5.82 Å². The molecule has 168 valence electrons. The smallest absolute Gasteiger partial charge is 0.242 e. The maximum absolute atomic E-state index is 13.3. The summed E-state index contributed by atoms with van der Waals surface area (Å²) in [5.41, 5.74) is 0.798. The molecule has 2 aromatic rings. The second kappa shape index (κ2) is 13.4. The number of halogens is 2. The molecule has 0 aliphatic rings. The first-order valence-electron chi connectivity index (χ1n) is 10.6. The highest BCUT2D eigenvalue weighted by atomic mass is 35.5. The number of amides is 2. The van der Waals surface area contributed by atoms with Crippen molar-refractivity contribution in [3.63, 3.8) is 0 Å². The van der Waals surface area contributed by atoms with Crippen molar-refractivity contribution in [2.45, 2.75) is 57.0 Å². The van der Waals surface area contributed by atoms with Gasteiger partial charge in [-0.3, -0.25) is 9.59 Å². The van der Waals surface area contributed by atoms with E-state index in [-0.39, 0.29) is 24.2 Å². The highest BCUT2D eigenvalue weighted by Crippen LogP contribution is 2.22. The van der Waals surface area contributed by atoms with E-state index >= 15 is 0 Å². The third-order valence-corrected chi connectivity index (χ3v) is 6.17. The second-order valence-corrected chi connectivity index (χ2v) is 8.87. The third kappa shape index (κ3) is 8.54. The van der Waals surface area contributed by atoms with Crippen LogP contribution in [0.4, 0.5) is 4.39 Å². The van der Waals surface area contributed by atoms with Gasteiger partial charge >= 0.3 is 0 Å². The Bertz CT molecular complexity index is 830. The summed E-state index contributed by atoms with van der Waals surface area (Å²) in [6.45, 7) is 4.74. The molecular weight excluding hydrogens is 435 g/mol. The maximum Gasteiger partial charge on any atom is 0.242 e. The molecule has 2 aromatic carbocycles. The summed E-state index contributed by atoms with van der Waals surface area (Å²) in [4.78, 5) is 28.5. The van der Waals surface area contributed by atoms with E-state index in [1.165, 1.54) is 12.1 Å². The molecular formula is C24H30ClFN2O2S. The Kier molecular flexibility index (Phi) is 10.9. The van der Waals surface area contributed by atoms with Crippen molar-refractivity contribution in [1.29, 1.82) is 0 Å². The van der Waals surface area contributed by atoms with E-state index in [1.54, 1.807) is 28.8 Å². The lowest BCUT2D eigenvalue weighted by Crippen LogP contribution is -2.49. The highest BCUT2D eigenvalue weighted by Gasteiger charge is 2.28. The maximum atomic E-state index is 13.3. The Morgan fingerprint density at radius 1 is 1.10 bits per heavy atom. The standard InChI is InChI=1S/C24H30ClFN2O2S/c1-3-15-27-24(30)22(4-2)28(17-18-7-11-20(26)12-8-18)23(29)6-5-16-31-21-13-9-19(25)10-14-21/h7-14,22H,3-6,15-17H2,1-2H3,(H,27,30). The van der Waals surface area contributed by atoms with Gasteiger partial charge in [0.2, 0.25) is 11.8 Å². The monoisotopic (exact) mass is 464 g/mol. The van der Waals surface area contributed by atoms with Crippen LogP contribution in [-0.4, -0.2) is 35.1 Å². The first kappa shape index (κ1) is 25.2. The topological polar surface area (TPSA) is 49.4 Å². The fourth-order valence-electron chi connectivity index (χ4n) is 3.16. The van der Waals surface area contributed by atoms with Crippen molar-refractivity contribution < 1.29 is 14.0 Å². The van der Waals surface area contributed by atoms with Gasteiger partial charge in [-0.2, -0.15) is 0 Å². The number of carbonyl (C=O) groups excluding carboxylic acids is 2. The Morgan fingerprint density at radius 2 is 1.77 bits per heavy atom. The normalized spacial score (nSPS) is 11.7. The van der Waals surface area contributed by atoms with Gasteiger partial charge in [-0.1, -0.05) is 37.6 Å². The number of benzene rings is 2. The van der Waals surface area contributed by atoms with Gasteiger partial charge in [0.15, 0.2) is 0 Å². The third-order valence-electron chi connectivity index (χ3n) is 4.82. The minimum atomic E-state index is -0.548. The van der Waals surface area contributed by atoms with Crippen molar-refractivity contribution in [1.82, 2.24) is 10.2 Å². The highest BCUT2D eigenvalue weighted by molar-refractivity contribution is 7.99. The van der Waals surface area contributed by atoms with Crippen LogP contribution in [0.25, 0.3) is 0 Å². The van der Waals surface area contributed by atoms with E-state index in [4.69, 9.17) is 11.6 Å². The zero-order valence-electron chi connectivity index (χ0n) is 18.1.